The summed E-state index contributed by atoms with van der Waals surface area (Å²) in [7, 11) is 0. The minimum atomic E-state index is 0.305. The molecule has 2 heterocycles. The van der Waals surface area contributed by atoms with E-state index < -0.39 is 0 Å². The van der Waals surface area contributed by atoms with Gasteiger partial charge in [-0.15, -0.1) is 0 Å². The molecule has 3 rings (SSSR count). The minimum absolute atomic E-state index is 0.305. The fourth-order valence-corrected chi connectivity index (χ4v) is 3.31. The van der Waals surface area contributed by atoms with Gasteiger partial charge < -0.3 is 9.80 Å². The summed E-state index contributed by atoms with van der Waals surface area (Å²) >= 11 is 0. The topological polar surface area (TPSA) is 36.4 Å². The number of aromatic nitrogens is 1. The van der Waals surface area contributed by atoms with Crippen LogP contribution in [-0.4, -0.2) is 42.0 Å². The van der Waals surface area contributed by atoms with Crippen LogP contribution in [0.15, 0.2) is 30.3 Å². The van der Waals surface area contributed by atoms with Gasteiger partial charge in [0.2, 0.25) is 5.91 Å². The van der Waals surface area contributed by atoms with Gasteiger partial charge in [0.05, 0.1) is 5.52 Å². The van der Waals surface area contributed by atoms with E-state index in [1.165, 1.54) is 11.1 Å². The fraction of sp³-hybridized carbons (Fsp3) is 0.500. The maximum Gasteiger partial charge on any atom is 0.222 e. The molecule has 0 atom stereocenters. The van der Waals surface area contributed by atoms with Crippen LogP contribution >= 0.6 is 0 Å². The Labute approximate surface area is 144 Å². The number of rotatable bonds is 4. The zero-order valence-electron chi connectivity index (χ0n) is 15.0. The number of carbonyl (C=O) groups excluding carboxylic acids is 1. The molecule has 0 unspecified atom stereocenters. The maximum absolute atomic E-state index is 12.3. The molecular weight excluding hydrogens is 298 g/mol. The van der Waals surface area contributed by atoms with E-state index in [4.69, 9.17) is 0 Å². The number of amides is 1. The number of hydrogen-bond acceptors (Lipinski definition) is 3. The first-order chi connectivity index (χ1) is 11.5. The number of fused-ring (bicyclic) bond motifs is 1. The van der Waals surface area contributed by atoms with Crippen LogP contribution in [-0.2, 0) is 4.79 Å². The molecule has 1 aromatic carbocycles. The van der Waals surface area contributed by atoms with Gasteiger partial charge in [-0.3, -0.25) is 9.78 Å². The molecule has 4 nitrogen and oxygen atoms in total. The van der Waals surface area contributed by atoms with E-state index in [0.717, 1.165) is 43.8 Å². The molecule has 0 saturated carbocycles. The number of nitrogens with zero attached hydrogens (tertiary/aromatic N) is 3. The minimum Gasteiger partial charge on any atom is -0.367 e. The molecule has 2 aromatic rings. The number of piperazine rings is 1. The van der Waals surface area contributed by atoms with Crippen molar-refractivity contribution in [2.45, 2.75) is 33.6 Å². The van der Waals surface area contributed by atoms with Crippen LogP contribution in [0, 0.1) is 12.8 Å². The molecule has 0 bridgehead atoms. The Balaban J connectivity index is 1.70. The zero-order chi connectivity index (χ0) is 17.1. The number of anilines is 1. The van der Waals surface area contributed by atoms with Crippen molar-refractivity contribution < 1.29 is 4.79 Å². The number of benzene rings is 1. The molecule has 1 amide bonds. The molecule has 0 aliphatic carbocycles. The molecule has 1 aromatic heterocycles. The second kappa shape index (κ2) is 7.20. The van der Waals surface area contributed by atoms with E-state index >= 15 is 0 Å². The highest BCUT2D eigenvalue weighted by Gasteiger charge is 2.22. The van der Waals surface area contributed by atoms with Gasteiger partial charge in [0.1, 0.15) is 0 Å². The Hall–Kier alpha value is -2.10. The van der Waals surface area contributed by atoms with Gasteiger partial charge in [-0.25, -0.2) is 0 Å². The van der Waals surface area contributed by atoms with Crippen LogP contribution in [0.4, 0.5) is 5.69 Å². The van der Waals surface area contributed by atoms with E-state index in [1.807, 2.05) is 17.9 Å². The lowest BCUT2D eigenvalue weighted by atomic mass is 10.1. The van der Waals surface area contributed by atoms with E-state index in [2.05, 4.69) is 48.0 Å². The predicted octanol–water partition coefficient (Wildman–Crippen LogP) is 3.63. The van der Waals surface area contributed by atoms with E-state index in [1.54, 1.807) is 0 Å². The van der Waals surface area contributed by atoms with Gasteiger partial charge in [-0.05, 0) is 31.4 Å². The molecule has 1 aliphatic rings. The van der Waals surface area contributed by atoms with Gasteiger partial charge in [-0.2, -0.15) is 0 Å². The number of para-hydroxylation sites is 1. The molecular formula is C20H27N3O. The molecule has 1 fully saturated rings. The van der Waals surface area contributed by atoms with Crippen LogP contribution in [0.3, 0.4) is 0 Å². The van der Waals surface area contributed by atoms with Gasteiger partial charge in [0.25, 0.3) is 0 Å². The Morgan fingerprint density at radius 2 is 1.88 bits per heavy atom. The zero-order valence-corrected chi connectivity index (χ0v) is 15.0. The standard InChI is InChI=1S/C20H27N3O/c1-15(2)8-9-20(24)23-12-10-22(11-13-23)19-14-16(3)21-18-7-5-4-6-17(18)19/h4-7,14-15H,8-13H2,1-3H3. The summed E-state index contributed by atoms with van der Waals surface area (Å²) in [5, 5.41) is 1.20. The van der Waals surface area contributed by atoms with Crippen molar-refractivity contribution in [3.8, 4) is 0 Å². The lowest BCUT2D eigenvalue weighted by molar-refractivity contribution is -0.131. The first kappa shape index (κ1) is 16.7. The van der Waals surface area contributed by atoms with Crippen molar-refractivity contribution in [3.63, 3.8) is 0 Å². The third kappa shape index (κ3) is 3.69. The molecule has 4 heteroatoms. The second-order valence-electron chi connectivity index (χ2n) is 7.10. The average Bonchev–Trinajstić information content (AvgIpc) is 2.59. The lowest BCUT2D eigenvalue weighted by Crippen LogP contribution is -2.48. The van der Waals surface area contributed by atoms with E-state index in [-0.39, 0.29) is 0 Å². The number of aryl methyl sites for hydroxylation is 1. The first-order valence-electron chi connectivity index (χ1n) is 8.93. The van der Waals surface area contributed by atoms with E-state index in [0.29, 0.717) is 18.2 Å². The van der Waals surface area contributed by atoms with E-state index in [9.17, 15) is 4.79 Å². The molecule has 0 spiro atoms. The highest BCUT2D eigenvalue weighted by Crippen LogP contribution is 2.27. The molecule has 0 radical (unpaired) electrons. The average molecular weight is 325 g/mol. The Morgan fingerprint density at radius 1 is 1.17 bits per heavy atom. The molecule has 24 heavy (non-hydrogen) atoms. The number of hydrogen-bond donors (Lipinski definition) is 0. The Morgan fingerprint density at radius 3 is 2.58 bits per heavy atom. The predicted molar refractivity (Wildman–Crippen MR) is 99.3 cm³/mol. The van der Waals surface area contributed by atoms with Crippen LogP contribution in [0.1, 0.15) is 32.4 Å². The van der Waals surface area contributed by atoms with Crippen molar-refractivity contribution in [2.75, 3.05) is 31.1 Å². The van der Waals surface area contributed by atoms with Crippen LogP contribution < -0.4 is 4.90 Å². The SMILES string of the molecule is Cc1cc(N2CCN(C(=O)CCC(C)C)CC2)c2ccccc2n1. The highest BCUT2D eigenvalue weighted by molar-refractivity contribution is 5.92. The van der Waals surface area contributed by atoms with Crippen molar-refractivity contribution in [1.82, 2.24) is 9.88 Å². The molecule has 128 valence electrons. The monoisotopic (exact) mass is 325 g/mol. The summed E-state index contributed by atoms with van der Waals surface area (Å²) in [5.41, 5.74) is 3.33. The normalized spacial score (nSPS) is 15.3. The summed E-state index contributed by atoms with van der Waals surface area (Å²) in [6.45, 7) is 9.78. The molecule has 1 saturated heterocycles. The van der Waals surface area contributed by atoms with Crippen LogP contribution in [0.2, 0.25) is 0 Å². The van der Waals surface area contributed by atoms with Crippen molar-refractivity contribution in [1.29, 1.82) is 0 Å². The summed E-state index contributed by atoms with van der Waals surface area (Å²) < 4.78 is 0. The summed E-state index contributed by atoms with van der Waals surface area (Å²) in [6.07, 6.45) is 1.65. The Kier molecular flexibility index (Phi) is 5.03. The third-order valence-electron chi connectivity index (χ3n) is 4.73. The largest absolute Gasteiger partial charge is 0.367 e. The quantitative estimate of drug-likeness (QED) is 0.861. The summed E-state index contributed by atoms with van der Waals surface area (Å²) in [4.78, 5) is 21.3. The summed E-state index contributed by atoms with van der Waals surface area (Å²) in [5.74, 6) is 0.889. The number of pyridine rings is 1. The van der Waals surface area contributed by atoms with Crippen LogP contribution in [0.25, 0.3) is 10.9 Å². The molecule has 1 aliphatic heterocycles. The van der Waals surface area contributed by atoms with Crippen molar-refractivity contribution in [2.24, 2.45) is 5.92 Å². The second-order valence-corrected chi connectivity index (χ2v) is 7.10. The van der Waals surface area contributed by atoms with Gasteiger partial charge in [0.15, 0.2) is 0 Å². The fourth-order valence-electron chi connectivity index (χ4n) is 3.31. The Bertz CT molecular complexity index is 718. The van der Waals surface area contributed by atoms with Gasteiger partial charge in [-0.1, -0.05) is 32.0 Å². The van der Waals surface area contributed by atoms with Crippen molar-refractivity contribution in [3.05, 3.63) is 36.0 Å². The van der Waals surface area contributed by atoms with Crippen LogP contribution in [0.5, 0.6) is 0 Å². The number of carbonyl (C=O) groups is 1. The highest BCUT2D eigenvalue weighted by atomic mass is 16.2. The van der Waals surface area contributed by atoms with Crippen molar-refractivity contribution >= 4 is 22.5 Å². The van der Waals surface area contributed by atoms with Gasteiger partial charge >= 0.3 is 0 Å². The lowest BCUT2D eigenvalue weighted by Gasteiger charge is -2.37. The summed E-state index contributed by atoms with van der Waals surface area (Å²) in [6, 6.07) is 10.5. The maximum atomic E-state index is 12.3. The first-order valence-corrected chi connectivity index (χ1v) is 8.93. The van der Waals surface area contributed by atoms with Gasteiger partial charge in [0, 0.05) is 49.4 Å². The molecule has 0 N–H and O–H groups in total. The smallest absolute Gasteiger partial charge is 0.222 e. The third-order valence-corrected chi connectivity index (χ3v) is 4.73.